The molecule has 1 N–H and O–H groups in total. The maximum absolute atomic E-state index is 12.4. The molecule has 3 aromatic heterocycles. The van der Waals surface area contributed by atoms with Crippen molar-refractivity contribution in [2.45, 2.75) is 13.8 Å². The highest BCUT2D eigenvalue weighted by molar-refractivity contribution is 6.16. The number of aromatic amines is 1. The van der Waals surface area contributed by atoms with E-state index in [0.29, 0.717) is 16.9 Å². The predicted molar refractivity (Wildman–Crippen MR) is 67.7 cm³/mol. The lowest BCUT2D eigenvalue weighted by Crippen LogP contribution is -2.00. The first-order chi connectivity index (χ1) is 8.66. The Hall–Kier alpha value is -2.36. The Labute approximate surface area is 104 Å². The average molecular weight is 240 g/mol. The number of aromatic nitrogens is 2. The van der Waals surface area contributed by atoms with Gasteiger partial charge in [-0.3, -0.25) is 4.79 Å². The Morgan fingerprint density at radius 1 is 1.33 bits per heavy atom. The third-order valence-electron chi connectivity index (χ3n) is 2.98. The molecule has 0 bridgehead atoms. The van der Waals surface area contributed by atoms with E-state index >= 15 is 0 Å². The number of carbonyl (C=O) groups is 1. The number of pyridine rings is 1. The third kappa shape index (κ3) is 1.54. The molecule has 0 aliphatic rings. The number of aryl methyl sites for hydroxylation is 2. The summed E-state index contributed by atoms with van der Waals surface area (Å²) in [5.74, 6) is 1.35. The Kier molecular flexibility index (Phi) is 2.30. The molecule has 0 aliphatic carbocycles. The highest BCUT2D eigenvalue weighted by atomic mass is 16.3. The number of ketones is 1. The van der Waals surface area contributed by atoms with E-state index in [-0.39, 0.29) is 5.78 Å². The van der Waals surface area contributed by atoms with Crippen LogP contribution in [0.3, 0.4) is 0 Å². The normalized spacial score (nSPS) is 11.0. The van der Waals surface area contributed by atoms with Crippen molar-refractivity contribution in [3.8, 4) is 0 Å². The highest BCUT2D eigenvalue weighted by Crippen LogP contribution is 2.22. The van der Waals surface area contributed by atoms with Gasteiger partial charge in [-0.05, 0) is 32.0 Å². The molecule has 0 saturated carbocycles. The quantitative estimate of drug-likeness (QED) is 0.700. The number of nitrogens with zero attached hydrogens (tertiary/aromatic N) is 1. The molecule has 4 heteroatoms. The fraction of sp³-hybridized carbons (Fsp3) is 0.143. The number of carbonyl (C=O) groups excluding carboxylic acids is 1. The van der Waals surface area contributed by atoms with E-state index in [2.05, 4.69) is 9.97 Å². The number of hydrogen-bond donors (Lipinski definition) is 1. The zero-order valence-corrected chi connectivity index (χ0v) is 10.2. The van der Waals surface area contributed by atoms with E-state index in [4.69, 9.17) is 4.42 Å². The maximum atomic E-state index is 12.4. The van der Waals surface area contributed by atoms with Crippen LogP contribution in [0.2, 0.25) is 0 Å². The molecule has 4 nitrogen and oxygen atoms in total. The lowest BCUT2D eigenvalue weighted by atomic mass is 10.0. The molecule has 0 amide bonds. The molecule has 0 fully saturated rings. The predicted octanol–water partition coefficient (Wildman–Crippen LogP) is 3.00. The second kappa shape index (κ2) is 3.84. The van der Waals surface area contributed by atoms with Crippen LogP contribution >= 0.6 is 0 Å². The van der Waals surface area contributed by atoms with Gasteiger partial charge < -0.3 is 9.40 Å². The summed E-state index contributed by atoms with van der Waals surface area (Å²) in [5.41, 5.74) is 1.96. The largest absolute Gasteiger partial charge is 0.466 e. The molecule has 0 spiro atoms. The second-order valence-corrected chi connectivity index (χ2v) is 4.26. The van der Waals surface area contributed by atoms with Crippen molar-refractivity contribution in [2.75, 3.05) is 0 Å². The summed E-state index contributed by atoms with van der Waals surface area (Å²) in [6.45, 7) is 3.63. The summed E-state index contributed by atoms with van der Waals surface area (Å²) in [7, 11) is 0. The SMILES string of the molecule is Cc1cc(C(=O)c2c[nH]c3ncccc23)c(C)o1. The van der Waals surface area contributed by atoms with Crippen LogP contribution < -0.4 is 0 Å². The van der Waals surface area contributed by atoms with E-state index in [1.54, 1.807) is 25.4 Å². The summed E-state index contributed by atoms with van der Waals surface area (Å²) >= 11 is 0. The second-order valence-electron chi connectivity index (χ2n) is 4.26. The summed E-state index contributed by atoms with van der Waals surface area (Å²) < 4.78 is 5.40. The Bertz CT molecular complexity index is 737. The molecule has 0 saturated heterocycles. The lowest BCUT2D eigenvalue weighted by molar-refractivity contribution is 0.103. The van der Waals surface area contributed by atoms with Crippen LogP contribution in [-0.4, -0.2) is 15.8 Å². The monoisotopic (exact) mass is 240 g/mol. The summed E-state index contributed by atoms with van der Waals surface area (Å²) in [6, 6.07) is 5.47. The van der Waals surface area contributed by atoms with Gasteiger partial charge in [0.2, 0.25) is 0 Å². The summed E-state index contributed by atoms with van der Waals surface area (Å²) in [6.07, 6.45) is 3.39. The molecule has 3 rings (SSSR count). The van der Waals surface area contributed by atoms with E-state index in [1.165, 1.54) is 0 Å². The number of rotatable bonds is 2. The fourth-order valence-corrected chi connectivity index (χ4v) is 2.15. The molecule has 0 unspecified atom stereocenters. The minimum atomic E-state index is -0.0383. The van der Waals surface area contributed by atoms with Gasteiger partial charge in [0.25, 0.3) is 0 Å². The van der Waals surface area contributed by atoms with Crippen molar-refractivity contribution in [3.05, 3.63) is 53.2 Å². The van der Waals surface area contributed by atoms with Gasteiger partial charge in [-0.15, -0.1) is 0 Å². The molecular weight excluding hydrogens is 228 g/mol. The van der Waals surface area contributed by atoms with E-state index in [1.807, 2.05) is 19.1 Å². The number of nitrogens with one attached hydrogen (secondary N) is 1. The molecule has 18 heavy (non-hydrogen) atoms. The molecule has 90 valence electrons. The van der Waals surface area contributed by atoms with Crippen molar-refractivity contribution in [1.29, 1.82) is 0 Å². The molecule has 3 heterocycles. The highest BCUT2D eigenvalue weighted by Gasteiger charge is 2.18. The van der Waals surface area contributed by atoms with Crippen molar-refractivity contribution in [1.82, 2.24) is 9.97 Å². The first-order valence-electron chi connectivity index (χ1n) is 5.70. The van der Waals surface area contributed by atoms with Crippen LogP contribution in [0.4, 0.5) is 0 Å². The van der Waals surface area contributed by atoms with Crippen LogP contribution in [-0.2, 0) is 0 Å². The molecule has 3 aromatic rings. The van der Waals surface area contributed by atoms with Crippen molar-refractivity contribution >= 4 is 16.8 Å². The van der Waals surface area contributed by atoms with Crippen LogP contribution in [0.1, 0.15) is 27.4 Å². The summed E-state index contributed by atoms with van der Waals surface area (Å²) in [4.78, 5) is 19.6. The number of furan rings is 1. The van der Waals surface area contributed by atoms with Gasteiger partial charge in [0.05, 0.1) is 5.56 Å². The van der Waals surface area contributed by atoms with Crippen molar-refractivity contribution < 1.29 is 9.21 Å². The standard InChI is InChI=1S/C14H12N2O2/c1-8-6-11(9(2)18-8)13(17)12-7-16-14-10(12)4-3-5-15-14/h3-7H,1-2H3,(H,15,16). The van der Waals surface area contributed by atoms with E-state index < -0.39 is 0 Å². The van der Waals surface area contributed by atoms with Gasteiger partial charge in [-0.1, -0.05) is 0 Å². The van der Waals surface area contributed by atoms with Crippen LogP contribution in [0.25, 0.3) is 11.0 Å². The molecule has 0 aliphatic heterocycles. The lowest BCUT2D eigenvalue weighted by Gasteiger charge is -1.96. The average Bonchev–Trinajstić information content (AvgIpc) is 2.92. The van der Waals surface area contributed by atoms with E-state index in [9.17, 15) is 4.79 Å². The minimum Gasteiger partial charge on any atom is -0.466 e. The number of H-pyrrole nitrogens is 1. The zero-order valence-electron chi connectivity index (χ0n) is 10.2. The topological polar surface area (TPSA) is 58.9 Å². The van der Waals surface area contributed by atoms with Crippen LogP contribution in [0.15, 0.2) is 35.0 Å². The van der Waals surface area contributed by atoms with Gasteiger partial charge in [0.1, 0.15) is 17.2 Å². The molecule has 0 atom stereocenters. The maximum Gasteiger partial charge on any atom is 0.198 e. The molecule has 0 aromatic carbocycles. The Morgan fingerprint density at radius 3 is 2.89 bits per heavy atom. The Balaban J connectivity index is 2.15. The van der Waals surface area contributed by atoms with Gasteiger partial charge in [-0.25, -0.2) is 4.98 Å². The third-order valence-corrected chi connectivity index (χ3v) is 2.98. The van der Waals surface area contributed by atoms with Crippen LogP contribution in [0.5, 0.6) is 0 Å². The zero-order chi connectivity index (χ0) is 12.7. The van der Waals surface area contributed by atoms with Gasteiger partial charge in [0, 0.05) is 23.3 Å². The van der Waals surface area contributed by atoms with Crippen molar-refractivity contribution in [3.63, 3.8) is 0 Å². The van der Waals surface area contributed by atoms with E-state index in [0.717, 1.165) is 16.8 Å². The van der Waals surface area contributed by atoms with Gasteiger partial charge in [-0.2, -0.15) is 0 Å². The smallest absolute Gasteiger partial charge is 0.198 e. The van der Waals surface area contributed by atoms with Gasteiger partial charge >= 0.3 is 0 Å². The first-order valence-corrected chi connectivity index (χ1v) is 5.70. The minimum absolute atomic E-state index is 0.0383. The van der Waals surface area contributed by atoms with Crippen molar-refractivity contribution in [2.24, 2.45) is 0 Å². The number of fused-ring (bicyclic) bond motifs is 1. The molecule has 0 radical (unpaired) electrons. The first kappa shape index (κ1) is 10.8. The van der Waals surface area contributed by atoms with Gasteiger partial charge in [0.15, 0.2) is 5.78 Å². The number of hydrogen-bond acceptors (Lipinski definition) is 3. The summed E-state index contributed by atoms with van der Waals surface area (Å²) in [5, 5.41) is 0.834. The molecular formula is C14H12N2O2. The van der Waals surface area contributed by atoms with Crippen LogP contribution in [0, 0.1) is 13.8 Å². The Morgan fingerprint density at radius 2 is 2.17 bits per heavy atom. The fourth-order valence-electron chi connectivity index (χ4n) is 2.15.